The van der Waals surface area contributed by atoms with Gasteiger partial charge in [0.05, 0.1) is 18.6 Å². The third-order valence-electron chi connectivity index (χ3n) is 9.66. The zero-order valence-electron chi connectivity index (χ0n) is 25.7. The molecule has 0 aromatic heterocycles. The van der Waals surface area contributed by atoms with Crippen LogP contribution in [0.4, 0.5) is 0 Å². The Morgan fingerprint density at radius 3 is 2.34 bits per heavy atom. The fourth-order valence-electron chi connectivity index (χ4n) is 7.37. The molecule has 0 amide bonds. The van der Waals surface area contributed by atoms with E-state index in [0.717, 1.165) is 36.8 Å². The molecule has 2 bridgehead atoms. The van der Waals surface area contributed by atoms with E-state index in [1.807, 2.05) is 40.7 Å². The number of carbonyl (C=O) groups is 2. The van der Waals surface area contributed by atoms with E-state index in [9.17, 15) is 14.7 Å². The third-order valence-corrected chi connectivity index (χ3v) is 9.66. The standard InChI is InChI=1S/C34H44O7/c1-9-22-18(2)16-24-19(3)39-31(36)27-26(15-14-23(28(27)38-8)25(35)17-33(4,5)6)40-30(24)29(22)41-32(37)34(7)20-10-11-21(34)13-12-20/h14-16,19-21,25,35H,9-13,17H2,1-8H3/t19?,20?,21?,25-,34?/m0/s1. The molecule has 5 rings (SSSR count). The third kappa shape index (κ3) is 5.00. The molecule has 1 N–H and O–H groups in total. The molecule has 41 heavy (non-hydrogen) atoms. The highest BCUT2D eigenvalue weighted by molar-refractivity contribution is 5.97. The smallest absolute Gasteiger partial charge is 0.346 e. The summed E-state index contributed by atoms with van der Waals surface area (Å²) in [4.78, 5) is 27.5. The summed E-state index contributed by atoms with van der Waals surface area (Å²) in [6.45, 7) is 14.0. The van der Waals surface area contributed by atoms with Crippen LogP contribution in [0.5, 0.6) is 23.0 Å². The number of methoxy groups -OCH3 is 1. The maximum absolute atomic E-state index is 13.9. The van der Waals surface area contributed by atoms with Crippen LogP contribution in [0, 0.1) is 29.6 Å². The Kier molecular flexibility index (Phi) is 7.64. The van der Waals surface area contributed by atoms with Crippen molar-refractivity contribution in [2.24, 2.45) is 22.7 Å². The molecule has 1 heterocycles. The second-order valence-corrected chi connectivity index (χ2v) is 13.5. The van der Waals surface area contributed by atoms with Crippen LogP contribution >= 0.6 is 0 Å². The van der Waals surface area contributed by atoms with Gasteiger partial charge < -0.3 is 24.1 Å². The van der Waals surface area contributed by atoms with Crippen LogP contribution < -0.4 is 14.2 Å². The molecule has 2 aromatic rings. The average Bonchev–Trinajstić information content (AvgIpc) is 3.40. The Morgan fingerprint density at radius 2 is 1.78 bits per heavy atom. The molecule has 0 radical (unpaired) electrons. The van der Waals surface area contributed by atoms with Gasteiger partial charge >= 0.3 is 11.9 Å². The molecule has 0 saturated heterocycles. The second kappa shape index (κ2) is 10.6. The molecular formula is C34H44O7. The van der Waals surface area contributed by atoms with E-state index < -0.39 is 23.6 Å². The Labute approximate surface area is 243 Å². The molecule has 2 aromatic carbocycles. The average molecular weight is 565 g/mol. The van der Waals surface area contributed by atoms with Gasteiger partial charge in [0, 0.05) is 16.7 Å². The minimum absolute atomic E-state index is 0.104. The van der Waals surface area contributed by atoms with Gasteiger partial charge in [-0.2, -0.15) is 0 Å². The molecule has 7 nitrogen and oxygen atoms in total. The van der Waals surface area contributed by atoms with Crippen LogP contribution in [0.15, 0.2) is 18.2 Å². The van der Waals surface area contributed by atoms with Crippen molar-refractivity contribution < 1.29 is 33.6 Å². The van der Waals surface area contributed by atoms with Gasteiger partial charge in [0.25, 0.3) is 0 Å². The number of aliphatic hydroxyl groups excluding tert-OH is 1. The van der Waals surface area contributed by atoms with Crippen LogP contribution in [0.2, 0.25) is 0 Å². The molecule has 0 spiro atoms. The maximum Gasteiger partial charge on any atom is 0.346 e. The fourth-order valence-corrected chi connectivity index (χ4v) is 7.37. The SMILES string of the molecule is CCc1c(C)cc2c(c1OC(=O)C1(C)C3CCC1CC3)Oc1ccc([C@@H](O)CC(C)(C)C)c(OC)c1C(=O)OC2C. The number of cyclic esters (lactones) is 1. The van der Waals surface area contributed by atoms with E-state index in [1.54, 1.807) is 19.1 Å². The largest absolute Gasteiger partial charge is 0.495 e. The fraction of sp³-hybridized carbons (Fsp3) is 0.588. The van der Waals surface area contributed by atoms with Crippen LogP contribution in [0.1, 0.15) is 118 Å². The summed E-state index contributed by atoms with van der Waals surface area (Å²) in [5.74, 6) is 1.07. The molecule has 1 unspecified atom stereocenters. The number of benzene rings is 2. The van der Waals surface area contributed by atoms with E-state index in [2.05, 4.69) is 6.92 Å². The highest BCUT2D eigenvalue weighted by Crippen LogP contribution is 2.59. The number of rotatable bonds is 6. The summed E-state index contributed by atoms with van der Waals surface area (Å²) in [7, 11) is 1.47. The quantitative estimate of drug-likeness (QED) is 0.283. The molecule has 222 valence electrons. The topological polar surface area (TPSA) is 91.3 Å². The Hall–Kier alpha value is -3.06. The Balaban J connectivity index is 1.63. The first-order valence-corrected chi connectivity index (χ1v) is 15.0. The molecule has 1 aliphatic heterocycles. The molecule has 2 atom stereocenters. The van der Waals surface area contributed by atoms with E-state index in [1.165, 1.54) is 7.11 Å². The van der Waals surface area contributed by atoms with Gasteiger partial charge in [0.1, 0.15) is 23.2 Å². The van der Waals surface area contributed by atoms with Gasteiger partial charge in [-0.25, -0.2) is 4.79 Å². The highest BCUT2D eigenvalue weighted by Gasteiger charge is 2.57. The van der Waals surface area contributed by atoms with Crippen molar-refractivity contribution in [1.82, 2.24) is 0 Å². The van der Waals surface area contributed by atoms with Gasteiger partial charge in [0.15, 0.2) is 11.5 Å². The maximum atomic E-state index is 13.9. The lowest BCUT2D eigenvalue weighted by Gasteiger charge is -2.31. The number of aryl methyl sites for hydroxylation is 1. The molecule has 3 aliphatic rings. The van der Waals surface area contributed by atoms with Gasteiger partial charge in [0.2, 0.25) is 0 Å². The number of carbonyl (C=O) groups excluding carboxylic acids is 2. The summed E-state index contributed by atoms with van der Waals surface area (Å²) in [5, 5.41) is 11.1. The van der Waals surface area contributed by atoms with Crippen LogP contribution in [0.25, 0.3) is 0 Å². The highest BCUT2D eigenvalue weighted by atomic mass is 16.6. The number of fused-ring (bicyclic) bond motifs is 4. The number of hydrogen-bond donors (Lipinski definition) is 1. The summed E-state index contributed by atoms with van der Waals surface area (Å²) in [6, 6.07) is 5.34. The van der Waals surface area contributed by atoms with Crippen LogP contribution in [0.3, 0.4) is 0 Å². The van der Waals surface area contributed by atoms with E-state index in [4.69, 9.17) is 18.9 Å². The molecule has 2 fully saturated rings. The minimum atomic E-state index is -0.855. The summed E-state index contributed by atoms with van der Waals surface area (Å²) in [6.07, 6.45) is 3.80. The minimum Gasteiger partial charge on any atom is -0.495 e. The molecule has 7 heteroatoms. The predicted molar refractivity (Wildman–Crippen MR) is 156 cm³/mol. The van der Waals surface area contributed by atoms with Gasteiger partial charge in [-0.3, -0.25) is 4.79 Å². The zero-order valence-corrected chi connectivity index (χ0v) is 25.7. The Morgan fingerprint density at radius 1 is 1.15 bits per heavy atom. The second-order valence-electron chi connectivity index (χ2n) is 13.5. The summed E-state index contributed by atoms with van der Waals surface area (Å²) >= 11 is 0. The van der Waals surface area contributed by atoms with Crippen molar-refractivity contribution >= 4 is 11.9 Å². The monoisotopic (exact) mass is 564 g/mol. The number of esters is 2. The van der Waals surface area contributed by atoms with Crippen LogP contribution in [-0.2, 0) is 16.0 Å². The molecule has 2 aliphatic carbocycles. The first-order chi connectivity index (χ1) is 19.3. The number of ether oxygens (including phenoxy) is 4. The van der Waals surface area contributed by atoms with Gasteiger partial charge in [-0.15, -0.1) is 0 Å². The van der Waals surface area contributed by atoms with Crippen molar-refractivity contribution in [2.45, 2.75) is 99.2 Å². The molecule has 2 saturated carbocycles. The normalized spacial score (nSPS) is 25.8. The van der Waals surface area contributed by atoms with Crippen molar-refractivity contribution in [2.75, 3.05) is 7.11 Å². The van der Waals surface area contributed by atoms with Crippen LogP contribution in [-0.4, -0.2) is 24.2 Å². The van der Waals surface area contributed by atoms with E-state index in [-0.39, 0.29) is 28.4 Å². The lowest BCUT2D eigenvalue weighted by Crippen LogP contribution is -2.36. The van der Waals surface area contributed by atoms with Crippen molar-refractivity contribution in [3.63, 3.8) is 0 Å². The van der Waals surface area contributed by atoms with Crippen molar-refractivity contribution in [3.05, 3.63) is 46.0 Å². The first kappa shape index (κ1) is 29.4. The van der Waals surface area contributed by atoms with Gasteiger partial charge in [-0.1, -0.05) is 27.7 Å². The number of hydrogen-bond acceptors (Lipinski definition) is 7. The predicted octanol–water partition coefficient (Wildman–Crippen LogP) is 7.79. The first-order valence-electron chi connectivity index (χ1n) is 15.0. The zero-order chi connectivity index (χ0) is 29.9. The lowest BCUT2D eigenvalue weighted by molar-refractivity contribution is -0.147. The van der Waals surface area contributed by atoms with Crippen molar-refractivity contribution in [3.8, 4) is 23.0 Å². The number of aliphatic hydroxyl groups is 1. The Bertz CT molecular complexity index is 1350. The molecular weight excluding hydrogens is 520 g/mol. The summed E-state index contributed by atoms with van der Waals surface area (Å²) < 4.78 is 24.6. The van der Waals surface area contributed by atoms with Gasteiger partial charge in [-0.05, 0) is 100 Å². The lowest BCUT2D eigenvalue weighted by atomic mass is 9.79. The van der Waals surface area contributed by atoms with E-state index in [0.29, 0.717) is 47.3 Å². The summed E-state index contributed by atoms with van der Waals surface area (Å²) in [5.41, 5.74) is 2.39. The van der Waals surface area contributed by atoms with E-state index >= 15 is 0 Å². The van der Waals surface area contributed by atoms with Crippen molar-refractivity contribution in [1.29, 1.82) is 0 Å².